The summed E-state index contributed by atoms with van der Waals surface area (Å²) in [5.74, 6) is 0. The first-order valence-corrected chi connectivity index (χ1v) is 4.05. The van der Waals surface area contributed by atoms with Crippen LogP contribution in [0.1, 0.15) is 0 Å². The van der Waals surface area contributed by atoms with E-state index >= 15 is 0 Å². The van der Waals surface area contributed by atoms with E-state index in [1.165, 1.54) is 12.4 Å². The van der Waals surface area contributed by atoms with Gasteiger partial charge in [-0.25, -0.2) is 4.99 Å². The van der Waals surface area contributed by atoms with Crippen molar-refractivity contribution in [2.24, 2.45) is 4.99 Å². The van der Waals surface area contributed by atoms with E-state index in [9.17, 15) is 10.1 Å². The van der Waals surface area contributed by atoms with Crippen molar-refractivity contribution in [3.63, 3.8) is 0 Å². The molecular weight excluding hydrogens is 182 g/mol. The molecule has 0 aliphatic heterocycles. The summed E-state index contributed by atoms with van der Waals surface area (Å²) in [5, 5.41) is 10.6. The molecule has 0 amide bonds. The number of rotatable bonds is 3. The number of nitro benzene ring substituents is 1. The molecule has 1 rings (SSSR count). The van der Waals surface area contributed by atoms with Crippen molar-refractivity contribution in [1.82, 2.24) is 4.90 Å². The molecule has 0 spiro atoms. The lowest BCUT2D eigenvalue weighted by Crippen LogP contribution is -2.07. The molecule has 0 unspecified atom stereocenters. The third-order valence-corrected chi connectivity index (χ3v) is 1.51. The smallest absolute Gasteiger partial charge is 0.294 e. The van der Waals surface area contributed by atoms with E-state index in [1.54, 1.807) is 37.2 Å². The third-order valence-electron chi connectivity index (χ3n) is 1.51. The average molecular weight is 193 g/mol. The van der Waals surface area contributed by atoms with Gasteiger partial charge in [0, 0.05) is 20.2 Å². The van der Waals surface area contributed by atoms with Gasteiger partial charge >= 0.3 is 0 Å². The number of benzene rings is 1. The van der Waals surface area contributed by atoms with Crippen molar-refractivity contribution in [3.8, 4) is 0 Å². The Morgan fingerprint density at radius 3 is 2.64 bits per heavy atom. The van der Waals surface area contributed by atoms with Crippen LogP contribution in [0.4, 0.5) is 11.4 Å². The van der Waals surface area contributed by atoms with Gasteiger partial charge < -0.3 is 4.90 Å². The second-order valence-electron chi connectivity index (χ2n) is 2.95. The third kappa shape index (κ3) is 2.55. The van der Waals surface area contributed by atoms with Crippen LogP contribution in [0.2, 0.25) is 0 Å². The fourth-order valence-electron chi connectivity index (χ4n) is 0.905. The van der Waals surface area contributed by atoms with Crippen molar-refractivity contribution < 1.29 is 4.92 Å². The number of hydrogen-bond donors (Lipinski definition) is 0. The molecule has 0 fully saturated rings. The number of hydrogen-bond acceptors (Lipinski definition) is 3. The molecule has 0 aliphatic rings. The van der Waals surface area contributed by atoms with Crippen LogP contribution >= 0.6 is 0 Å². The zero-order valence-electron chi connectivity index (χ0n) is 8.04. The van der Waals surface area contributed by atoms with E-state index in [0.29, 0.717) is 5.69 Å². The Bertz CT molecular complexity index is 361. The molecule has 0 aromatic heterocycles. The molecule has 5 nitrogen and oxygen atoms in total. The second-order valence-corrected chi connectivity index (χ2v) is 2.95. The fourth-order valence-corrected chi connectivity index (χ4v) is 0.905. The molecule has 0 heterocycles. The van der Waals surface area contributed by atoms with Gasteiger partial charge in [0.05, 0.1) is 11.3 Å². The maximum absolute atomic E-state index is 10.6. The van der Waals surface area contributed by atoms with Gasteiger partial charge in [-0.2, -0.15) is 0 Å². The van der Waals surface area contributed by atoms with Gasteiger partial charge in [0.2, 0.25) is 0 Å². The molecule has 74 valence electrons. The van der Waals surface area contributed by atoms with Crippen molar-refractivity contribution in [2.75, 3.05) is 14.1 Å². The maximum atomic E-state index is 10.6. The SMILES string of the molecule is CN(C)/C=N/c1ccccc1[N+](=O)[O-]. The molecular formula is C9H11N3O2. The summed E-state index contributed by atoms with van der Waals surface area (Å²) in [4.78, 5) is 15.8. The number of para-hydroxylation sites is 2. The van der Waals surface area contributed by atoms with Crippen molar-refractivity contribution in [1.29, 1.82) is 0 Å². The first kappa shape index (κ1) is 10.2. The maximum Gasteiger partial charge on any atom is 0.294 e. The van der Waals surface area contributed by atoms with E-state index < -0.39 is 4.92 Å². The Balaban J connectivity index is 3.02. The van der Waals surface area contributed by atoms with Crippen LogP contribution in [0.3, 0.4) is 0 Å². The van der Waals surface area contributed by atoms with Gasteiger partial charge in [0.15, 0.2) is 0 Å². The van der Waals surface area contributed by atoms with Crippen molar-refractivity contribution in [3.05, 3.63) is 34.4 Å². The molecule has 0 radical (unpaired) electrons. The highest BCUT2D eigenvalue weighted by molar-refractivity contribution is 5.66. The molecule has 0 bridgehead atoms. The Hall–Kier alpha value is -1.91. The number of nitrogens with zero attached hydrogens (tertiary/aromatic N) is 3. The van der Waals surface area contributed by atoms with Gasteiger partial charge in [-0.3, -0.25) is 10.1 Å². The first-order valence-electron chi connectivity index (χ1n) is 4.05. The van der Waals surface area contributed by atoms with E-state index in [1.807, 2.05) is 0 Å². The summed E-state index contributed by atoms with van der Waals surface area (Å²) < 4.78 is 0. The summed E-state index contributed by atoms with van der Waals surface area (Å²) in [6.07, 6.45) is 1.53. The molecule has 0 saturated heterocycles. The normalized spacial score (nSPS) is 10.4. The predicted molar refractivity (Wildman–Crippen MR) is 54.9 cm³/mol. The summed E-state index contributed by atoms with van der Waals surface area (Å²) in [6, 6.07) is 6.38. The van der Waals surface area contributed by atoms with Crippen LogP contribution in [-0.4, -0.2) is 30.3 Å². The van der Waals surface area contributed by atoms with Crippen LogP contribution in [0.15, 0.2) is 29.3 Å². The lowest BCUT2D eigenvalue weighted by atomic mass is 10.3. The molecule has 5 heteroatoms. The van der Waals surface area contributed by atoms with E-state index in [0.717, 1.165) is 0 Å². The van der Waals surface area contributed by atoms with Crippen LogP contribution in [0, 0.1) is 10.1 Å². The fraction of sp³-hybridized carbons (Fsp3) is 0.222. The van der Waals surface area contributed by atoms with Crippen molar-refractivity contribution in [2.45, 2.75) is 0 Å². The summed E-state index contributed by atoms with van der Waals surface area (Å²) in [5.41, 5.74) is 0.386. The predicted octanol–water partition coefficient (Wildman–Crippen LogP) is 1.82. The van der Waals surface area contributed by atoms with Crippen LogP contribution in [0.5, 0.6) is 0 Å². The number of nitro groups is 1. The quantitative estimate of drug-likeness (QED) is 0.318. The van der Waals surface area contributed by atoms with Crippen LogP contribution < -0.4 is 0 Å². The minimum Gasteiger partial charge on any atom is -0.369 e. The van der Waals surface area contributed by atoms with E-state index in [4.69, 9.17) is 0 Å². The average Bonchev–Trinajstić information content (AvgIpc) is 2.15. The van der Waals surface area contributed by atoms with E-state index in [2.05, 4.69) is 4.99 Å². The second kappa shape index (κ2) is 4.36. The molecule has 1 aromatic carbocycles. The Morgan fingerprint density at radius 2 is 2.07 bits per heavy atom. The van der Waals surface area contributed by atoms with Gasteiger partial charge in [-0.05, 0) is 6.07 Å². The lowest BCUT2D eigenvalue weighted by Gasteiger charge is -2.02. The minimum absolute atomic E-state index is 0.0191. The van der Waals surface area contributed by atoms with Gasteiger partial charge in [0.25, 0.3) is 5.69 Å². The first-order chi connectivity index (χ1) is 6.61. The Morgan fingerprint density at radius 1 is 1.43 bits per heavy atom. The zero-order chi connectivity index (χ0) is 10.6. The van der Waals surface area contributed by atoms with Gasteiger partial charge in [-0.1, -0.05) is 12.1 Å². The summed E-state index contributed by atoms with van der Waals surface area (Å²) >= 11 is 0. The summed E-state index contributed by atoms with van der Waals surface area (Å²) in [7, 11) is 3.61. The topological polar surface area (TPSA) is 58.7 Å². The number of aliphatic imine (C=N–C) groups is 1. The summed E-state index contributed by atoms with van der Waals surface area (Å²) in [6.45, 7) is 0. The van der Waals surface area contributed by atoms with Crippen LogP contribution in [0.25, 0.3) is 0 Å². The highest BCUT2D eigenvalue weighted by Crippen LogP contribution is 2.25. The highest BCUT2D eigenvalue weighted by atomic mass is 16.6. The van der Waals surface area contributed by atoms with E-state index in [-0.39, 0.29) is 5.69 Å². The van der Waals surface area contributed by atoms with Gasteiger partial charge in [0.1, 0.15) is 5.69 Å². The zero-order valence-corrected chi connectivity index (χ0v) is 8.04. The van der Waals surface area contributed by atoms with Gasteiger partial charge in [-0.15, -0.1) is 0 Å². The monoisotopic (exact) mass is 193 g/mol. The molecule has 14 heavy (non-hydrogen) atoms. The lowest BCUT2D eigenvalue weighted by molar-refractivity contribution is -0.384. The Kier molecular flexibility index (Phi) is 3.17. The molecule has 0 aliphatic carbocycles. The van der Waals surface area contributed by atoms with Crippen LogP contribution in [-0.2, 0) is 0 Å². The van der Waals surface area contributed by atoms with Crippen molar-refractivity contribution >= 4 is 17.7 Å². The molecule has 0 atom stereocenters. The Labute approximate surface area is 81.8 Å². The largest absolute Gasteiger partial charge is 0.369 e. The standard InChI is InChI=1S/C9H11N3O2/c1-11(2)7-10-8-5-3-4-6-9(8)12(13)14/h3-7H,1-2H3/b10-7+. The minimum atomic E-state index is -0.442. The molecule has 0 saturated carbocycles. The molecule has 0 N–H and O–H groups in total. The highest BCUT2D eigenvalue weighted by Gasteiger charge is 2.10. The molecule has 1 aromatic rings.